The van der Waals surface area contributed by atoms with Crippen LogP contribution in [0, 0.1) is 17.2 Å². The molecular weight excluding hydrogens is 222 g/mol. The molecular formula is C15H29N3. The van der Waals surface area contributed by atoms with E-state index in [1.165, 1.54) is 19.3 Å². The molecule has 3 heteroatoms. The molecule has 2 unspecified atom stereocenters. The summed E-state index contributed by atoms with van der Waals surface area (Å²) in [5, 5.41) is 12.7. The van der Waals surface area contributed by atoms with Crippen LogP contribution >= 0.6 is 0 Å². The van der Waals surface area contributed by atoms with Crippen LogP contribution in [0.4, 0.5) is 0 Å². The molecule has 2 atom stereocenters. The predicted octanol–water partition coefficient (Wildman–Crippen LogP) is 2.78. The number of rotatable bonds is 6. The van der Waals surface area contributed by atoms with Crippen LogP contribution in [-0.2, 0) is 0 Å². The highest BCUT2D eigenvalue weighted by Gasteiger charge is 2.24. The van der Waals surface area contributed by atoms with Gasteiger partial charge in [0.15, 0.2) is 0 Å². The third-order valence-electron chi connectivity index (χ3n) is 4.03. The summed E-state index contributed by atoms with van der Waals surface area (Å²) in [6, 6.07) is 4.06. The minimum absolute atomic E-state index is 0.227. The highest BCUT2D eigenvalue weighted by atomic mass is 15.2. The van der Waals surface area contributed by atoms with Crippen molar-refractivity contribution in [1.29, 1.82) is 5.26 Å². The maximum atomic E-state index is 9.15. The summed E-state index contributed by atoms with van der Waals surface area (Å²) in [5.41, 5.74) is 0. The first kappa shape index (κ1) is 15.5. The van der Waals surface area contributed by atoms with Crippen LogP contribution in [0.2, 0.25) is 0 Å². The van der Waals surface area contributed by atoms with Gasteiger partial charge in [-0.3, -0.25) is 4.90 Å². The van der Waals surface area contributed by atoms with Crippen LogP contribution in [0.25, 0.3) is 0 Å². The Labute approximate surface area is 113 Å². The summed E-state index contributed by atoms with van der Waals surface area (Å²) < 4.78 is 0. The number of hydrogen-bond donors (Lipinski definition) is 1. The lowest BCUT2D eigenvalue weighted by molar-refractivity contribution is 0.170. The van der Waals surface area contributed by atoms with Crippen LogP contribution in [0.1, 0.15) is 53.4 Å². The molecule has 104 valence electrons. The van der Waals surface area contributed by atoms with Crippen LogP contribution in [0.3, 0.4) is 0 Å². The lowest BCUT2D eigenvalue weighted by atomic mass is 9.85. The first-order valence-corrected chi connectivity index (χ1v) is 7.45. The molecule has 0 radical (unpaired) electrons. The molecule has 1 rings (SSSR count). The van der Waals surface area contributed by atoms with Gasteiger partial charge in [-0.05, 0) is 40.5 Å². The second-order valence-electron chi connectivity index (χ2n) is 6.01. The van der Waals surface area contributed by atoms with Gasteiger partial charge in [0.1, 0.15) is 0 Å². The Balaban J connectivity index is 2.33. The predicted molar refractivity (Wildman–Crippen MR) is 76.3 cm³/mol. The number of nitriles is 1. The molecule has 18 heavy (non-hydrogen) atoms. The highest BCUT2D eigenvalue weighted by Crippen LogP contribution is 2.23. The Bertz CT molecular complexity index is 259. The second-order valence-corrected chi connectivity index (χ2v) is 6.01. The van der Waals surface area contributed by atoms with Gasteiger partial charge >= 0.3 is 0 Å². The third kappa shape index (κ3) is 4.59. The molecule has 3 nitrogen and oxygen atoms in total. The maximum absolute atomic E-state index is 9.15. The van der Waals surface area contributed by atoms with Gasteiger partial charge in [0.25, 0.3) is 0 Å². The van der Waals surface area contributed by atoms with E-state index in [-0.39, 0.29) is 5.92 Å². The molecule has 1 aliphatic rings. The van der Waals surface area contributed by atoms with Crippen molar-refractivity contribution in [3.05, 3.63) is 0 Å². The van der Waals surface area contributed by atoms with Crippen molar-refractivity contribution >= 4 is 0 Å². The molecule has 0 amide bonds. The van der Waals surface area contributed by atoms with Gasteiger partial charge < -0.3 is 5.32 Å². The Morgan fingerprint density at radius 3 is 2.33 bits per heavy atom. The van der Waals surface area contributed by atoms with E-state index in [4.69, 9.17) is 5.26 Å². The van der Waals surface area contributed by atoms with Crippen LogP contribution in [0.15, 0.2) is 0 Å². The first-order valence-electron chi connectivity index (χ1n) is 7.45. The minimum Gasteiger partial charge on any atom is -0.311 e. The average molecular weight is 251 g/mol. The minimum atomic E-state index is 0.227. The monoisotopic (exact) mass is 251 g/mol. The molecule has 1 aliphatic carbocycles. The van der Waals surface area contributed by atoms with E-state index in [1.807, 2.05) is 0 Å². The van der Waals surface area contributed by atoms with Crippen molar-refractivity contribution in [3.63, 3.8) is 0 Å². The van der Waals surface area contributed by atoms with Crippen LogP contribution in [-0.4, -0.2) is 36.1 Å². The summed E-state index contributed by atoms with van der Waals surface area (Å²) in [5.74, 6) is 0.227. The van der Waals surface area contributed by atoms with Gasteiger partial charge in [0.05, 0.1) is 12.0 Å². The average Bonchev–Trinajstić information content (AvgIpc) is 2.34. The zero-order valence-electron chi connectivity index (χ0n) is 12.4. The largest absolute Gasteiger partial charge is 0.311 e. The summed E-state index contributed by atoms with van der Waals surface area (Å²) in [6.07, 6.45) is 4.74. The fraction of sp³-hybridized carbons (Fsp3) is 0.933. The zero-order chi connectivity index (χ0) is 13.5. The number of nitrogens with zero attached hydrogens (tertiary/aromatic N) is 2. The second kappa shape index (κ2) is 7.76. The van der Waals surface area contributed by atoms with Crippen molar-refractivity contribution in [2.24, 2.45) is 5.92 Å². The van der Waals surface area contributed by atoms with E-state index in [2.05, 4.69) is 44.0 Å². The van der Waals surface area contributed by atoms with Gasteiger partial charge in [-0.2, -0.15) is 5.26 Å². The Morgan fingerprint density at radius 2 is 1.78 bits per heavy atom. The molecule has 0 spiro atoms. The van der Waals surface area contributed by atoms with E-state index in [0.29, 0.717) is 18.1 Å². The normalized spacial score (nSPS) is 24.8. The highest BCUT2D eigenvalue weighted by molar-refractivity contribution is 4.94. The molecule has 0 aromatic carbocycles. The molecule has 0 aromatic heterocycles. The molecule has 1 fully saturated rings. The quantitative estimate of drug-likeness (QED) is 0.789. The SMILES string of the molecule is CC(C)N(CCNC1CCCCC1C#N)C(C)C. The van der Waals surface area contributed by atoms with Crippen LogP contribution < -0.4 is 5.32 Å². The van der Waals surface area contributed by atoms with E-state index in [9.17, 15) is 0 Å². The number of nitrogens with one attached hydrogen (secondary N) is 1. The van der Waals surface area contributed by atoms with Gasteiger partial charge in [-0.25, -0.2) is 0 Å². The Kier molecular flexibility index (Phi) is 6.67. The molecule has 0 bridgehead atoms. The Morgan fingerprint density at radius 1 is 1.17 bits per heavy atom. The van der Waals surface area contributed by atoms with Crippen molar-refractivity contribution in [1.82, 2.24) is 10.2 Å². The maximum Gasteiger partial charge on any atom is 0.0672 e. The van der Waals surface area contributed by atoms with Gasteiger partial charge in [-0.15, -0.1) is 0 Å². The summed E-state index contributed by atoms with van der Waals surface area (Å²) in [4.78, 5) is 2.50. The van der Waals surface area contributed by atoms with Crippen molar-refractivity contribution in [2.45, 2.75) is 71.5 Å². The molecule has 0 heterocycles. The number of hydrogen-bond acceptors (Lipinski definition) is 3. The molecule has 0 aromatic rings. The van der Waals surface area contributed by atoms with Crippen molar-refractivity contribution < 1.29 is 0 Å². The lowest BCUT2D eigenvalue weighted by Crippen LogP contribution is -2.45. The summed E-state index contributed by atoms with van der Waals surface area (Å²) >= 11 is 0. The van der Waals surface area contributed by atoms with Gasteiger partial charge in [-0.1, -0.05) is 12.8 Å². The fourth-order valence-corrected chi connectivity index (χ4v) is 3.02. The fourth-order valence-electron chi connectivity index (χ4n) is 3.02. The van der Waals surface area contributed by atoms with Gasteiger partial charge in [0.2, 0.25) is 0 Å². The van der Waals surface area contributed by atoms with E-state index >= 15 is 0 Å². The van der Waals surface area contributed by atoms with E-state index in [0.717, 1.165) is 19.5 Å². The first-order chi connectivity index (χ1) is 8.56. The summed E-state index contributed by atoms with van der Waals surface area (Å²) in [6.45, 7) is 11.1. The smallest absolute Gasteiger partial charge is 0.0672 e. The third-order valence-corrected chi connectivity index (χ3v) is 4.03. The van der Waals surface area contributed by atoms with E-state index in [1.54, 1.807) is 0 Å². The topological polar surface area (TPSA) is 39.1 Å². The Hall–Kier alpha value is -0.590. The van der Waals surface area contributed by atoms with Crippen LogP contribution in [0.5, 0.6) is 0 Å². The molecule has 0 aliphatic heterocycles. The summed E-state index contributed by atoms with van der Waals surface area (Å²) in [7, 11) is 0. The van der Waals surface area contributed by atoms with E-state index < -0.39 is 0 Å². The van der Waals surface area contributed by atoms with Crippen molar-refractivity contribution in [2.75, 3.05) is 13.1 Å². The molecule has 1 saturated carbocycles. The molecule has 0 saturated heterocycles. The van der Waals surface area contributed by atoms with Crippen molar-refractivity contribution in [3.8, 4) is 6.07 Å². The lowest BCUT2D eigenvalue weighted by Gasteiger charge is -2.33. The standard InChI is InChI=1S/C15H29N3/c1-12(2)18(13(3)4)10-9-17-15-8-6-5-7-14(15)11-16/h12-15,17H,5-10H2,1-4H3. The van der Waals surface area contributed by atoms with Gasteiger partial charge in [0, 0.05) is 31.2 Å². The zero-order valence-corrected chi connectivity index (χ0v) is 12.4. The molecule has 1 N–H and O–H groups in total.